The molecule has 4 aromatic rings. The Labute approximate surface area is 229 Å². The van der Waals surface area contributed by atoms with Gasteiger partial charge in [0, 0.05) is 44.2 Å². The molecule has 1 unspecified atom stereocenters. The quantitative estimate of drug-likeness (QED) is 0.215. The Bertz CT molecular complexity index is 1320. The van der Waals surface area contributed by atoms with Crippen molar-refractivity contribution in [3.63, 3.8) is 0 Å². The van der Waals surface area contributed by atoms with E-state index in [9.17, 15) is 0 Å². The maximum atomic E-state index is 6.68. The summed E-state index contributed by atoms with van der Waals surface area (Å²) in [4.78, 5) is 5.24. The van der Waals surface area contributed by atoms with Gasteiger partial charge in [0.25, 0.3) is 0 Å². The van der Waals surface area contributed by atoms with Crippen LogP contribution in [-0.4, -0.2) is 19.7 Å². The van der Waals surface area contributed by atoms with Crippen LogP contribution >= 0.6 is 50.5 Å². The Kier molecular flexibility index (Phi) is 8.06. The van der Waals surface area contributed by atoms with Gasteiger partial charge in [-0.15, -0.1) is 21.5 Å². The molecule has 0 spiro atoms. The largest absolute Gasteiger partial charge is 0.296 e. The molecule has 0 aliphatic heterocycles. The summed E-state index contributed by atoms with van der Waals surface area (Å²) in [6, 6.07) is 13.9. The fraction of sp³-hybridized carbons (Fsp3) is 0.370. The van der Waals surface area contributed by atoms with Gasteiger partial charge in [0.2, 0.25) is 0 Å². The molecule has 0 amide bonds. The Hall–Kier alpha value is -1.73. The molecule has 8 heteroatoms. The predicted molar refractivity (Wildman–Crippen MR) is 151 cm³/mol. The maximum Gasteiger partial charge on any atom is 0.146 e. The first-order valence-corrected chi connectivity index (χ1v) is 14.1. The fourth-order valence-electron chi connectivity index (χ4n) is 4.14. The van der Waals surface area contributed by atoms with E-state index in [1.165, 1.54) is 5.69 Å². The molecule has 2 aromatic heterocycles. The molecule has 1 atom stereocenters. The van der Waals surface area contributed by atoms with Crippen LogP contribution in [0.4, 0.5) is 0 Å². The zero-order valence-electron chi connectivity index (χ0n) is 20.6. The molecule has 4 nitrogen and oxygen atoms in total. The molecule has 0 aliphatic carbocycles. The van der Waals surface area contributed by atoms with Crippen LogP contribution in [-0.2, 0) is 18.3 Å². The highest BCUT2D eigenvalue weighted by atomic mass is 79.9. The first kappa shape index (κ1) is 26.3. The van der Waals surface area contributed by atoms with Crippen LogP contribution in [0.15, 0.2) is 46.9 Å². The van der Waals surface area contributed by atoms with E-state index in [0.29, 0.717) is 10.0 Å². The average molecular weight is 592 g/mol. The third kappa shape index (κ3) is 5.66. The van der Waals surface area contributed by atoms with E-state index in [-0.39, 0.29) is 11.3 Å². The number of halogens is 3. The Balaban J connectivity index is 1.86. The molecule has 2 heterocycles. The van der Waals surface area contributed by atoms with Gasteiger partial charge in [-0.25, -0.2) is 4.98 Å². The normalized spacial score (nSPS) is 12.8. The fourth-order valence-corrected chi connectivity index (χ4v) is 5.88. The second-order valence-corrected chi connectivity index (χ2v) is 12.4. The number of aromatic nitrogens is 4. The lowest BCUT2D eigenvalue weighted by atomic mass is 9.96. The van der Waals surface area contributed by atoms with Crippen molar-refractivity contribution in [2.45, 2.75) is 65.2 Å². The van der Waals surface area contributed by atoms with Crippen LogP contribution in [0, 0.1) is 0 Å². The van der Waals surface area contributed by atoms with Gasteiger partial charge >= 0.3 is 0 Å². The van der Waals surface area contributed by atoms with Gasteiger partial charge in [0.1, 0.15) is 15.8 Å². The van der Waals surface area contributed by atoms with Crippen LogP contribution in [0.2, 0.25) is 10.0 Å². The Morgan fingerprint density at radius 2 is 1.74 bits per heavy atom. The lowest BCUT2D eigenvalue weighted by Crippen LogP contribution is -2.10. The van der Waals surface area contributed by atoms with Crippen LogP contribution in [0.25, 0.3) is 17.1 Å². The monoisotopic (exact) mass is 590 g/mol. The molecular formula is C27H29BrCl2N4S. The van der Waals surface area contributed by atoms with E-state index in [0.717, 1.165) is 56.5 Å². The number of hydrogen-bond acceptors (Lipinski definition) is 4. The van der Waals surface area contributed by atoms with Crippen LogP contribution in [0.5, 0.6) is 0 Å². The molecule has 0 N–H and O–H groups in total. The highest BCUT2D eigenvalue weighted by Gasteiger charge is 2.27. The van der Waals surface area contributed by atoms with Crippen LogP contribution in [0.1, 0.15) is 68.4 Å². The number of imidazole rings is 1. The molecule has 2 aromatic carbocycles. The smallest absolute Gasteiger partial charge is 0.146 e. The molecule has 0 fully saturated rings. The molecule has 0 radical (unpaired) electrons. The van der Waals surface area contributed by atoms with Crippen LogP contribution < -0.4 is 0 Å². The molecule has 0 bridgehead atoms. The van der Waals surface area contributed by atoms with Crippen molar-refractivity contribution in [3.8, 4) is 17.1 Å². The van der Waals surface area contributed by atoms with E-state index in [1.54, 1.807) is 17.4 Å². The molecular weight excluding hydrogens is 563 g/mol. The Morgan fingerprint density at radius 1 is 1.03 bits per heavy atom. The van der Waals surface area contributed by atoms with Gasteiger partial charge in [-0.2, -0.15) is 0 Å². The summed E-state index contributed by atoms with van der Waals surface area (Å²) in [5, 5.41) is 12.3. The summed E-state index contributed by atoms with van der Waals surface area (Å²) in [6.45, 7) is 10.9. The third-order valence-electron chi connectivity index (χ3n) is 6.00. The van der Waals surface area contributed by atoms with Gasteiger partial charge < -0.3 is 0 Å². The second-order valence-electron chi connectivity index (χ2n) is 9.62. The molecule has 4 rings (SSSR count). The number of benzene rings is 2. The molecule has 0 aliphatic rings. The summed E-state index contributed by atoms with van der Waals surface area (Å²) >= 11 is 18.2. The van der Waals surface area contributed by atoms with E-state index >= 15 is 0 Å². The zero-order chi connectivity index (χ0) is 25.3. The zero-order valence-corrected chi connectivity index (χ0v) is 24.5. The predicted octanol–water partition coefficient (Wildman–Crippen LogP) is 9.06. The lowest BCUT2D eigenvalue weighted by Gasteiger charge is -2.16. The van der Waals surface area contributed by atoms with Gasteiger partial charge in [0.15, 0.2) is 0 Å². The van der Waals surface area contributed by atoms with Gasteiger partial charge in [0.05, 0.1) is 10.7 Å². The summed E-state index contributed by atoms with van der Waals surface area (Å²) in [5.41, 5.74) is 4.17. The van der Waals surface area contributed by atoms with E-state index in [4.69, 9.17) is 28.2 Å². The summed E-state index contributed by atoms with van der Waals surface area (Å²) in [7, 11) is 0. The minimum atomic E-state index is -0.00608. The topological polar surface area (TPSA) is 43.6 Å². The van der Waals surface area contributed by atoms with Crippen molar-refractivity contribution < 1.29 is 0 Å². The van der Waals surface area contributed by atoms with E-state index < -0.39 is 0 Å². The van der Waals surface area contributed by atoms with Crippen molar-refractivity contribution >= 4 is 50.5 Å². The van der Waals surface area contributed by atoms with Crippen molar-refractivity contribution in [2.75, 3.05) is 0 Å². The molecule has 35 heavy (non-hydrogen) atoms. The van der Waals surface area contributed by atoms with Crippen molar-refractivity contribution in [2.24, 2.45) is 0 Å². The summed E-state index contributed by atoms with van der Waals surface area (Å²) < 4.78 is 3.27. The standard InChI is InChI=1S/C27H29BrCl2N4S/c1-6-16(14-23-32-33-26(35-23)27(3,4)5)24-22(7-2)34(19-11-8-17(28)9-12-19)25(31-24)20-13-10-18(29)15-21(20)30/h8-13,15-16H,6-7,14H2,1-5H3. The first-order chi connectivity index (χ1) is 16.6. The number of rotatable bonds is 7. The number of hydrogen-bond donors (Lipinski definition) is 0. The molecule has 184 valence electrons. The minimum Gasteiger partial charge on any atom is -0.296 e. The highest BCUT2D eigenvalue weighted by Crippen LogP contribution is 2.38. The third-order valence-corrected chi connectivity index (χ3v) is 8.45. The van der Waals surface area contributed by atoms with Crippen molar-refractivity contribution in [3.05, 3.63) is 78.4 Å². The molecule has 0 saturated carbocycles. The van der Waals surface area contributed by atoms with Gasteiger partial charge in [-0.05, 0) is 55.3 Å². The first-order valence-electron chi connectivity index (χ1n) is 11.8. The van der Waals surface area contributed by atoms with Gasteiger partial charge in [-0.3, -0.25) is 4.57 Å². The maximum absolute atomic E-state index is 6.68. The van der Waals surface area contributed by atoms with Crippen molar-refractivity contribution in [1.29, 1.82) is 0 Å². The highest BCUT2D eigenvalue weighted by molar-refractivity contribution is 9.10. The van der Waals surface area contributed by atoms with Gasteiger partial charge in [-0.1, -0.05) is 73.8 Å². The summed E-state index contributed by atoms with van der Waals surface area (Å²) in [6.07, 6.45) is 2.59. The second kappa shape index (κ2) is 10.7. The molecule has 0 saturated heterocycles. The van der Waals surface area contributed by atoms with E-state index in [2.05, 4.69) is 77.4 Å². The minimum absolute atomic E-state index is 0.00608. The van der Waals surface area contributed by atoms with Crippen molar-refractivity contribution in [1.82, 2.24) is 19.7 Å². The Morgan fingerprint density at radius 3 is 2.31 bits per heavy atom. The number of nitrogens with zero attached hydrogens (tertiary/aromatic N) is 4. The lowest BCUT2D eigenvalue weighted by molar-refractivity contribution is 0.576. The SMILES string of the molecule is CCc1c(C(CC)Cc2nnc(C(C)(C)C)s2)nc(-c2ccc(Cl)cc2Cl)n1-c1ccc(Br)cc1. The van der Waals surface area contributed by atoms with Crippen LogP contribution in [0.3, 0.4) is 0 Å². The average Bonchev–Trinajstić information content (AvgIpc) is 3.43. The van der Waals surface area contributed by atoms with E-state index in [1.807, 2.05) is 24.3 Å². The summed E-state index contributed by atoms with van der Waals surface area (Å²) in [5.74, 6) is 1.04.